The highest BCUT2D eigenvalue weighted by molar-refractivity contribution is 6.35. The van der Waals surface area contributed by atoms with Gasteiger partial charge < -0.3 is 4.40 Å². The van der Waals surface area contributed by atoms with E-state index >= 15 is 0 Å². The Morgan fingerprint density at radius 3 is 1.80 bits per heavy atom. The SMILES string of the molecule is c1ccc2c(c1)cc(-c1nc(-n3c4c5ccccc5ccc4c4cc5c6ccccc6n6c7ccccc7c(c43)c56)c3ccccc3n1)c1ccccc12. The van der Waals surface area contributed by atoms with Crippen molar-refractivity contribution in [2.75, 3.05) is 0 Å². The third-order valence-corrected chi connectivity index (χ3v) is 11.8. The van der Waals surface area contributed by atoms with Crippen LogP contribution in [0.5, 0.6) is 0 Å². The lowest BCUT2D eigenvalue weighted by Gasteiger charge is -2.15. The lowest BCUT2D eigenvalue weighted by atomic mass is 9.97. The van der Waals surface area contributed by atoms with E-state index in [4.69, 9.17) is 9.97 Å². The molecule has 0 radical (unpaired) electrons. The van der Waals surface area contributed by atoms with E-state index in [1.165, 1.54) is 81.3 Å². The Hall–Kier alpha value is -7.30. The van der Waals surface area contributed by atoms with Crippen LogP contribution in [0.4, 0.5) is 0 Å². The molecule has 4 heteroatoms. The fourth-order valence-electron chi connectivity index (χ4n) is 9.57. The first-order valence-corrected chi connectivity index (χ1v) is 18.5. The monoisotopic (exact) mass is 684 g/mol. The Kier molecular flexibility index (Phi) is 5.34. The number of nitrogens with zero attached hydrogens (tertiary/aromatic N) is 4. The van der Waals surface area contributed by atoms with Gasteiger partial charge in [-0.3, -0.25) is 4.57 Å². The van der Waals surface area contributed by atoms with Gasteiger partial charge in [-0.2, -0.15) is 0 Å². The van der Waals surface area contributed by atoms with Crippen LogP contribution in [-0.2, 0) is 0 Å². The van der Waals surface area contributed by atoms with Gasteiger partial charge in [0.25, 0.3) is 0 Å². The first-order valence-electron chi connectivity index (χ1n) is 18.5. The molecule has 0 saturated heterocycles. The van der Waals surface area contributed by atoms with Crippen molar-refractivity contribution in [2.24, 2.45) is 0 Å². The Labute approximate surface area is 308 Å². The van der Waals surface area contributed by atoms with Crippen molar-refractivity contribution in [1.82, 2.24) is 18.9 Å². The van der Waals surface area contributed by atoms with Crippen molar-refractivity contribution in [2.45, 2.75) is 0 Å². The second kappa shape index (κ2) is 10.2. The molecule has 0 atom stereocenters. The van der Waals surface area contributed by atoms with E-state index in [0.29, 0.717) is 5.82 Å². The van der Waals surface area contributed by atoms with Crippen LogP contribution in [0.15, 0.2) is 170 Å². The quantitative estimate of drug-likeness (QED) is 0.170. The minimum absolute atomic E-state index is 0.716. The standard InChI is InChI=1S/C50H28N4/c1-4-16-32-29(13-1)25-26-36-40-28-39-35-19-8-11-23-43(35)53-44-24-12-9-21-38(44)45(47(39)53)48(40)54(46(32)36)50-37-20-7-10-22-42(37)51-49(52-50)41-27-30-14-2-3-15-31(30)33-17-5-6-18-34(33)41/h1-28H. The molecular formula is C50H28N4. The van der Waals surface area contributed by atoms with Crippen molar-refractivity contribution >= 4 is 103 Å². The van der Waals surface area contributed by atoms with Crippen molar-refractivity contribution in [3.05, 3.63) is 170 Å². The van der Waals surface area contributed by atoms with E-state index in [-0.39, 0.29) is 0 Å². The maximum absolute atomic E-state index is 5.69. The Balaban J connectivity index is 1.29. The van der Waals surface area contributed by atoms with Gasteiger partial charge in [0.1, 0.15) is 5.82 Å². The summed E-state index contributed by atoms with van der Waals surface area (Å²) in [5.41, 5.74) is 7.95. The zero-order chi connectivity index (χ0) is 35.1. The molecule has 13 aromatic rings. The molecule has 4 aromatic heterocycles. The number of para-hydroxylation sites is 3. The van der Waals surface area contributed by atoms with E-state index in [1.807, 2.05) is 0 Å². The van der Waals surface area contributed by atoms with E-state index in [2.05, 4.69) is 179 Å². The minimum atomic E-state index is 0.716. The Morgan fingerprint density at radius 2 is 0.963 bits per heavy atom. The van der Waals surface area contributed by atoms with Gasteiger partial charge in [0, 0.05) is 48.7 Å². The van der Waals surface area contributed by atoms with Gasteiger partial charge in [0.2, 0.25) is 0 Å². The second-order valence-electron chi connectivity index (χ2n) is 14.5. The van der Waals surface area contributed by atoms with Crippen LogP contribution in [0, 0.1) is 0 Å². The summed E-state index contributed by atoms with van der Waals surface area (Å²) >= 11 is 0. The lowest BCUT2D eigenvalue weighted by molar-refractivity contribution is 1.08. The lowest BCUT2D eigenvalue weighted by Crippen LogP contribution is -2.03. The summed E-state index contributed by atoms with van der Waals surface area (Å²) in [6, 6.07) is 61.5. The first-order chi connectivity index (χ1) is 26.8. The molecule has 0 aliphatic rings. The molecule has 13 rings (SSSR count). The van der Waals surface area contributed by atoms with Gasteiger partial charge >= 0.3 is 0 Å². The average molecular weight is 685 g/mol. The van der Waals surface area contributed by atoms with Crippen LogP contribution in [0.3, 0.4) is 0 Å². The summed E-state index contributed by atoms with van der Waals surface area (Å²) in [5.74, 6) is 1.60. The fourth-order valence-corrected chi connectivity index (χ4v) is 9.57. The molecule has 4 heterocycles. The van der Waals surface area contributed by atoms with Crippen molar-refractivity contribution < 1.29 is 0 Å². The molecule has 0 aliphatic heterocycles. The molecule has 0 amide bonds. The molecule has 0 spiro atoms. The van der Waals surface area contributed by atoms with E-state index in [1.54, 1.807) is 0 Å². The maximum atomic E-state index is 5.69. The number of rotatable bonds is 2. The van der Waals surface area contributed by atoms with E-state index in [9.17, 15) is 0 Å². The van der Waals surface area contributed by atoms with Crippen LogP contribution in [0.25, 0.3) is 120 Å². The molecule has 9 aromatic carbocycles. The number of hydrogen-bond acceptors (Lipinski definition) is 2. The topological polar surface area (TPSA) is 35.1 Å². The fraction of sp³-hybridized carbons (Fsp3) is 0. The molecular weight excluding hydrogens is 657 g/mol. The largest absolute Gasteiger partial charge is 0.308 e. The normalized spacial score (nSPS) is 12.4. The maximum Gasteiger partial charge on any atom is 0.162 e. The van der Waals surface area contributed by atoms with Crippen LogP contribution in [0.2, 0.25) is 0 Å². The summed E-state index contributed by atoms with van der Waals surface area (Å²) in [7, 11) is 0. The van der Waals surface area contributed by atoms with Crippen LogP contribution in [-0.4, -0.2) is 18.9 Å². The van der Waals surface area contributed by atoms with E-state index in [0.717, 1.165) is 33.2 Å². The van der Waals surface area contributed by atoms with Crippen molar-refractivity contribution in [3.63, 3.8) is 0 Å². The molecule has 0 unspecified atom stereocenters. The average Bonchev–Trinajstić information content (AvgIpc) is 3.88. The number of benzene rings is 9. The third kappa shape index (κ3) is 3.52. The molecule has 0 saturated carbocycles. The number of aromatic nitrogens is 4. The molecule has 0 aliphatic carbocycles. The van der Waals surface area contributed by atoms with Gasteiger partial charge in [0.05, 0.1) is 33.1 Å². The molecule has 248 valence electrons. The van der Waals surface area contributed by atoms with Crippen molar-refractivity contribution in [3.8, 4) is 17.2 Å². The zero-order valence-corrected chi connectivity index (χ0v) is 29.0. The van der Waals surface area contributed by atoms with Gasteiger partial charge in [-0.25, -0.2) is 9.97 Å². The summed E-state index contributed by atoms with van der Waals surface area (Å²) in [6.07, 6.45) is 0. The van der Waals surface area contributed by atoms with Gasteiger partial charge in [0.15, 0.2) is 5.82 Å². The highest BCUT2D eigenvalue weighted by atomic mass is 15.1. The third-order valence-electron chi connectivity index (χ3n) is 11.8. The highest BCUT2D eigenvalue weighted by Crippen LogP contribution is 2.48. The predicted octanol–water partition coefficient (Wildman–Crippen LogP) is 13.0. The van der Waals surface area contributed by atoms with Crippen LogP contribution >= 0.6 is 0 Å². The van der Waals surface area contributed by atoms with Gasteiger partial charge in [-0.15, -0.1) is 0 Å². The Morgan fingerprint density at radius 1 is 0.352 bits per heavy atom. The smallest absolute Gasteiger partial charge is 0.162 e. The van der Waals surface area contributed by atoms with Crippen LogP contribution < -0.4 is 0 Å². The zero-order valence-electron chi connectivity index (χ0n) is 29.0. The van der Waals surface area contributed by atoms with Gasteiger partial charge in [-0.05, 0) is 63.3 Å². The number of fused-ring (bicyclic) bond motifs is 16. The summed E-state index contributed by atoms with van der Waals surface area (Å²) in [6.45, 7) is 0. The molecule has 0 bridgehead atoms. The molecule has 54 heavy (non-hydrogen) atoms. The second-order valence-corrected chi connectivity index (χ2v) is 14.5. The Bertz CT molecular complexity index is 3740. The molecule has 0 fully saturated rings. The predicted molar refractivity (Wildman–Crippen MR) is 226 cm³/mol. The van der Waals surface area contributed by atoms with E-state index < -0.39 is 0 Å². The molecule has 4 nitrogen and oxygen atoms in total. The van der Waals surface area contributed by atoms with Gasteiger partial charge in [-0.1, -0.05) is 133 Å². The minimum Gasteiger partial charge on any atom is -0.308 e. The summed E-state index contributed by atoms with van der Waals surface area (Å²) in [4.78, 5) is 11.0. The summed E-state index contributed by atoms with van der Waals surface area (Å²) in [5, 5.41) is 15.6. The highest BCUT2D eigenvalue weighted by Gasteiger charge is 2.26. The van der Waals surface area contributed by atoms with Crippen molar-refractivity contribution in [1.29, 1.82) is 0 Å². The molecule has 0 N–H and O–H groups in total. The number of hydrogen-bond donors (Lipinski definition) is 0. The summed E-state index contributed by atoms with van der Waals surface area (Å²) < 4.78 is 4.95. The first kappa shape index (κ1) is 28.3. The van der Waals surface area contributed by atoms with Crippen LogP contribution in [0.1, 0.15) is 0 Å².